The lowest BCUT2D eigenvalue weighted by Crippen LogP contribution is -2.41. The van der Waals surface area contributed by atoms with E-state index in [0.717, 1.165) is 13.0 Å². The largest absolute Gasteiger partial charge is 0.376 e. The number of rotatable bonds is 3. The molecule has 0 heterocycles. The Kier molecular flexibility index (Phi) is 4.36. The normalized spacial score (nSPS) is 12.7. The van der Waals surface area contributed by atoms with Crippen molar-refractivity contribution in [2.75, 3.05) is 6.54 Å². The van der Waals surface area contributed by atoms with Gasteiger partial charge in [0.2, 0.25) is 0 Å². The minimum Gasteiger partial charge on any atom is -0.376 e. The molecule has 0 saturated heterocycles. The highest BCUT2D eigenvalue weighted by Crippen LogP contribution is 2.01. The number of hydrogen-bond donors (Lipinski definition) is 1. The first-order valence-electron chi connectivity index (χ1n) is 3.69. The monoisotopic (exact) mass is 160 g/mol. The lowest BCUT2D eigenvalue weighted by molar-refractivity contribution is 0.339. The van der Waals surface area contributed by atoms with E-state index < -0.39 is 0 Å². The van der Waals surface area contributed by atoms with Gasteiger partial charge in [0.15, 0.2) is 5.11 Å². The van der Waals surface area contributed by atoms with Gasteiger partial charge < -0.3 is 10.6 Å². The molecule has 0 aliphatic rings. The fourth-order valence-corrected chi connectivity index (χ4v) is 1.21. The van der Waals surface area contributed by atoms with Gasteiger partial charge in [-0.3, -0.25) is 0 Å². The van der Waals surface area contributed by atoms with Crippen LogP contribution in [0.3, 0.4) is 0 Å². The maximum Gasteiger partial charge on any atom is 0.166 e. The predicted octanol–water partition coefficient (Wildman–Crippen LogP) is 1.35. The molecular formula is C7H16N2S. The van der Waals surface area contributed by atoms with Crippen LogP contribution in [-0.2, 0) is 0 Å². The van der Waals surface area contributed by atoms with Crippen LogP contribution in [0, 0.1) is 0 Å². The van der Waals surface area contributed by atoms with Crippen molar-refractivity contribution < 1.29 is 0 Å². The van der Waals surface area contributed by atoms with Crippen LogP contribution in [-0.4, -0.2) is 22.6 Å². The topological polar surface area (TPSA) is 29.3 Å². The average molecular weight is 160 g/mol. The molecule has 2 N–H and O–H groups in total. The summed E-state index contributed by atoms with van der Waals surface area (Å²) in [6.07, 6.45) is 1.09. The summed E-state index contributed by atoms with van der Waals surface area (Å²) in [5.41, 5.74) is 5.48. The van der Waals surface area contributed by atoms with E-state index in [0.29, 0.717) is 11.2 Å². The molecule has 60 valence electrons. The van der Waals surface area contributed by atoms with Gasteiger partial charge in [-0.15, -0.1) is 0 Å². The van der Waals surface area contributed by atoms with E-state index in [-0.39, 0.29) is 0 Å². The van der Waals surface area contributed by atoms with Gasteiger partial charge in [0, 0.05) is 12.6 Å². The SMILES string of the molecule is CCC(C)N(CC)C(N)=S. The Hall–Kier alpha value is -0.310. The third-order valence-electron chi connectivity index (χ3n) is 1.75. The number of hydrogen-bond acceptors (Lipinski definition) is 1. The molecule has 0 saturated carbocycles. The second-order valence-electron chi connectivity index (χ2n) is 2.38. The van der Waals surface area contributed by atoms with Crippen LogP contribution in [0.4, 0.5) is 0 Å². The summed E-state index contributed by atoms with van der Waals surface area (Å²) < 4.78 is 0. The molecule has 10 heavy (non-hydrogen) atoms. The van der Waals surface area contributed by atoms with E-state index in [1.807, 2.05) is 4.90 Å². The van der Waals surface area contributed by atoms with Crippen molar-refractivity contribution in [2.24, 2.45) is 5.73 Å². The van der Waals surface area contributed by atoms with Crippen molar-refractivity contribution >= 4 is 17.3 Å². The molecule has 0 aliphatic carbocycles. The summed E-state index contributed by atoms with van der Waals surface area (Å²) in [4.78, 5) is 2.02. The highest BCUT2D eigenvalue weighted by atomic mass is 32.1. The highest BCUT2D eigenvalue weighted by molar-refractivity contribution is 7.80. The summed E-state index contributed by atoms with van der Waals surface area (Å²) in [6.45, 7) is 7.23. The lowest BCUT2D eigenvalue weighted by atomic mass is 10.2. The van der Waals surface area contributed by atoms with Crippen molar-refractivity contribution in [2.45, 2.75) is 33.2 Å². The number of nitrogens with two attached hydrogens (primary N) is 1. The Labute approximate surface area is 68.4 Å². The van der Waals surface area contributed by atoms with Gasteiger partial charge in [-0.2, -0.15) is 0 Å². The van der Waals surface area contributed by atoms with Gasteiger partial charge in [-0.25, -0.2) is 0 Å². The second kappa shape index (κ2) is 4.50. The molecule has 0 aromatic rings. The number of nitrogens with zero attached hydrogens (tertiary/aromatic N) is 1. The summed E-state index contributed by atoms with van der Waals surface area (Å²) in [5.74, 6) is 0. The molecule has 0 aliphatic heterocycles. The van der Waals surface area contributed by atoms with Gasteiger partial charge >= 0.3 is 0 Å². The molecule has 0 amide bonds. The van der Waals surface area contributed by atoms with Gasteiger partial charge in [-0.1, -0.05) is 6.92 Å². The van der Waals surface area contributed by atoms with Crippen molar-refractivity contribution in [1.29, 1.82) is 0 Å². The third-order valence-corrected chi connectivity index (χ3v) is 1.98. The predicted molar refractivity (Wildman–Crippen MR) is 48.9 cm³/mol. The molecule has 0 rings (SSSR count). The first-order valence-corrected chi connectivity index (χ1v) is 4.10. The molecule has 0 fully saturated rings. The van der Waals surface area contributed by atoms with Crippen molar-refractivity contribution in [3.8, 4) is 0 Å². The van der Waals surface area contributed by atoms with Gasteiger partial charge in [-0.05, 0) is 32.5 Å². The van der Waals surface area contributed by atoms with E-state index in [1.54, 1.807) is 0 Å². The van der Waals surface area contributed by atoms with Crippen LogP contribution >= 0.6 is 12.2 Å². The number of thiocarbonyl (C=S) groups is 1. The molecule has 0 radical (unpaired) electrons. The van der Waals surface area contributed by atoms with E-state index in [9.17, 15) is 0 Å². The second-order valence-corrected chi connectivity index (χ2v) is 2.80. The molecule has 0 aromatic heterocycles. The van der Waals surface area contributed by atoms with E-state index in [2.05, 4.69) is 20.8 Å². The Morgan fingerprint density at radius 3 is 2.20 bits per heavy atom. The van der Waals surface area contributed by atoms with E-state index in [1.165, 1.54) is 0 Å². The van der Waals surface area contributed by atoms with Crippen LogP contribution in [0.25, 0.3) is 0 Å². The van der Waals surface area contributed by atoms with Crippen LogP contribution in [0.5, 0.6) is 0 Å². The maximum absolute atomic E-state index is 5.48. The molecule has 2 nitrogen and oxygen atoms in total. The summed E-state index contributed by atoms with van der Waals surface area (Å²) in [5, 5.41) is 0.511. The van der Waals surface area contributed by atoms with Crippen molar-refractivity contribution in [1.82, 2.24) is 4.90 Å². The first-order chi connectivity index (χ1) is 4.63. The molecule has 1 unspecified atom stereocenters. The third kappa shape index (κ3) is 2.52. The van der Waals surface area contributed by atoms with E-state index >= 15 is 0 Å². The van der Waals surface area contributed by atoms with Crippen LogP contribution in [0.1, 0.15) is 27.2 Å². The maximum atomic E-state index is 5.48. The zero-order chi connectivity index (χ0) is 8.15. The van der Waals surface area contributed by atoms with Gasteiger partial charge in [0.1, 0.15) is 0 Å². The average Bonchev–Trinajstić information content (AvgIpc) is 1.88. The van der Waals surface area contributed by atoms with Crippen molar-refractivity contribution in [3.63, 3.8) is 0 Å². The lowest BCUT2D eigenvalue weighted by Gasteiger charge is -2.27. The fourth-order valence-electron chi connectivity index (χ4n) is 0.905. The fraction of sp³-hybridized carbons (Fsp3) is 0.857. The molecule has 0 aromatic carbocycles. The summed E-state index contributed by atoms with van der Waals surface area (Å²) in [6, 6.07) is 0.475. The smallest absolute Gasteiger partial charge is 0.166 e. The quantitative estimate of drug-likeness (QED) is 0.632. The molecule has 1 atom stereocenters. The van der Waals surface area contributed by atoms with Crippen LogP contribution in [0.15, 0.2) is 0 Å². The zero-order valence-electron chi connectivity index (χ0n) is 6.92. The van der Waals surface area contributed by atoms with Gasteiger partial charge in [0.25, 0.3) is 0 Å². The zero-order valence-corrected chi connectivity index (χ0v) is 7.74. The van der Waals surface area contributed by atoms with Crippen molar-refractivity contribution in [3.05, 3.63) is 0 Å². The molecule has 0 spiro atoms. The molecular weight excluding hydrogens is 144 g/mol. The highest BCUT2D eigenvalue weighted by Gasteiger charge is 2.09. The Bertz CT molecular complexity index is 114. The van der Waals surface area contributed by atoms with Crippen LogP contribution < -0.4 is 5.73 Å². The first kappa shape index (κ1) is 9.69. The van der Waals surface area contributed by atoms with Gasteiger partial charge in [0.05, 0.1) is 0 Å². The summed E-state index contributed by atoms with van der Waals surface area (Å²) in [7, 11) is 0. The minimum absolute atomic E-state index is 0.475. The Morgan fingerprint density at radius 2 is 2.10 bits per heavy atom. The van der Waals surface area contributed by atoms with Crippen LogP contribution in [0.2, 0.25) is 0 Å². The minimum atomic E-state index is 0.475. The van der Waals surface area contributed by atoms with E-state index in [4.69, 9.17) is 18.0 Å². The standard InChI is InChI=1S/C7H16N2S/c1-4-6(3)9(5-2)7(8)10/h6H,4-5H2,1-3H3,(H2,8,10). The summed E-state index contributed by atoms with van der Waals surface area (Å²) >= 11 is 4.86. The Morgan fingerprint density at radius 1 is 1.60 bits per heavy atom. The molecule has 0 bridgehead atoms. The molecule has 3 heteroatoms. The Balaban J connectivity index is 3.92.